The molecule has 0 spiro atoms. The van der Waals surface area contributed by atoms with Gasteiger partial charge in [0.15, 0.2) is 22.6 Å². The van der Waals surface area contributed by atoms with Crippen molar-refractivity contribution in [1.29, 1.82) is 0 Å². The van der Waals surface area contributed by atoms with Crippen LogP contribution in [0.2, 0.25) is 0 Å². The van der Waals surface area contributed by atoms with E-state index in [1.807, 2.05) is 70.9 Å². The molecule has 8 aromatic rings. The van der Waals surface area contributed by atoms with Gasteiger partial charge in [0.2, 0.25) is 0 Å². The number of aliphatic hydroxyl groups is 4. The van der Waals surface area contributed by atoms with E-state index in [0.717, 1.165) is 120 Å². The van der Waals surface area contributed by atoms with Crippen LogP contribution in [0.5, 0.6) is 0 Å². The fourth-order valence-corrected chi connectivity index (χ4v) is 21.6. The Kier molecular flexibility index (Phi) is 27.4. The lowest BCUT2D eigenvalue weighted by atomic mass is 9.78. The van der Waals surface area contributed by atoms with Gasteiger partial charge in [0.05, 0.1) is 77.2 Å². The lowest BCUT2D eigenvalue weighted by molar-refractivity contribution is -0.164. The molecule has 740 valence electrons. The van der Waals surface area contributed by atoms with E-state index in [-0.39, 0.29) is 70.9 Å². The Labute approximate surface area is 808 Å². The summed E-state index contributed by atoms with van der Waals surface area (Å²) in [6.45, 7) is 38.8. The number of carbonyl (C=O) groups excluding carboxylic acids is 8. The third kappa shape index (κ3) is 19.8. The molecule has 8 amide bonds. The second-order valence-electron chi connectivity index (χ2n) is 44.8. The van der Waals surface area contributed by atoms with Gasteiger partial charge < -0.3 is 64.4 Å². The van der Waals surface area contributed by atoms with E-state index in [1.165, 1.54) is 37.7 Å². The highest BCUT2D eigenvalue weighted by molar-refractivity contribution is 5.97. The third-order valence-corrected chi connectivity index (χ3v) is 30.9. The number of amides is 8. The minimum absolute atomic E-state index is 0.135. The molecule has 20 rings (SSSR count). The number of nitrogens with zero attached hydrogens (tertiary/aromatic N) is 20. The van der Waals surface area contributed by atoms with Crippen molar-refractivity contribution in [1.82, 2.24) is 97.6 Å². The maximum Gasteiger partial charge on any atom is 0.274 e. The molecule has 33 heteroatoms. The predicted molar refractivity (Wildman–Crippen MR) is 521 cm³/mol. The molecule has 5 aliphatic heterocycles. The van der Waals surface area contributed by atoms with Crippen molar-refractivity contribution in [2.75, 3.05) is 91.8 Å². The highest BCUT2D eigenvalue weighted by Gasteiger charge is 2.54. The van der Waals surface area contributed by atoms with Crippen LogP contribution in [0.15, 0.2) is 61.2 Å². The summed E-state index contributed by atoms with van der Waals surface area (Å²) in [5.41, 5.74) is 7.46. The van der Waals surface area contributed by atoms with Crippen LogP contribution in [0.3, 0.4) is 0 Å². The minimum Gasteiger partial charge on any atom is -0.380 e. The number of carbonyl (C=O) groups is 8. The number of rotatable bonds is 15. The molecule has 33 nitrogen and oxygen atoms in total. The Balaban J connectivity index is 0.000000127. The van der Waals surface area contributed by atoms with Gasteiger partial charge in [0.1, 0.15) is 50.9 Å². The van der Waals surface area contributed by atoms with E-state index in [4.69, 9.17) is 35.0 Å². The Morgan fingerprint density at radius 3 is 1.00 bits per heavy atom. The molecular formula is C105H142N20O13. The molecule has 13 heterocycles. The van der Waals surface area contributed by atoms with Crippen molar-refractivity contribution in [2.24, 2.45) is 5.92 Å². The van der Waals surface area contributed by atoms with Crippen LogP contribution in [0.25, 0.3) is 33.7 Å². The summed E-state index contributed by atoms with van der Waals surface area (Å²) in [5, 5.41) is 61.2. The molecule has 7 aliphatic carbocycles. The predicted octanol–water partition coefficient (Wildman–Crippen LogP) is 12.5. The van der Waals surface area contributed by atoms with E-state index in [9.17, 15) is 58.8 Å². The molecular weight excluding hydrogens is 1750 g/mol. The van der Waals surface area contributed by atoms with Crippen molar-refractivity contribution in [3.8, 4) is 11.8 Å². The summed E-state index contributed by atoms with van der Waals surface area (Å²) >= 11 is 0. The molecule has 138 heavy (non-hydrogen) atoms. The molecule has 4 saturated heterocycles. The van der Waals surface area contributed by atoms with Crippen LogP contribution in [-0.2, 0) is 23.9 Å². The first-order chi connectivity index (χ1) is 65.3. The van der Waals surface area contributed by atoms with Crippen LogP contribution >= 0.6 is 0 Å². The van der Waals surface area contributed by atoms with Gasteiger partial charge in [-0.05, 0) is 249 Å². The molecule has 4 N–H and O–H groups in total. The first kappa shape index (κ1) is 98.7. The number of allylic oxidation sites excluding steroid dienone is 2. The Morgan fingerprint density at radius 1 is 0.377 bits per heavy atom. The Morgan fingerprint density at radius 2 is 0.703 bits per heavy atom. The first-order valence-corrected chi connectivity index (χ1v) is 50.8. The molecule has 0 radical (unpaired) electrons. The summed E-state index contributed by atoms with van der Waals surface area (Å²) in [4.78, 5) is 139. The number of imidazole rings is 4. The number of piperazine rings is 4. The molecule has 10 fully saturated rings. The fourth-order valence-electron chi connectivity index (χ4n) is 21.6. The van der Waals surface area contributed by atoms with Gasteiger partial charge in [-0.3, -0.25) is 38.4 Å². The molecule has 0 unspecified atom stereocenters. The molecule has 8 aromatic heterocycles. The average Bonchev–Trinajstić information content (AvgIpc) is 1.59. The van der Waals surface area contributed by atoms with Gasteiger partial charge in [0, 0.05) is 113 Å². The molecule has 12 aliphatic rings. The van der Waals surface area contributed by atoms with Crippen molar-refractivity contribution in [3.63, 3.8) is 0 Å². The van der Waals surface area contributed by atoms with Gasteiger partial charge in [-0.1, -0.05) is 92.7 Å². The topological polar surface area (TPSA) is 373 Å². The van der Waals surface area contributed by atoms with Gasteiger partial charge in [-0.15, -0.1) is 0 Å². The normalized spacial score (nSPS) is 21.8. The standard InChI is InChI=1S/C27H39N5O3.C26H35N5O4.C26H33N5O3.C26H35N5O3/c1-18(2)20-15-21(19-9-6-5-7-10-19)29-32-16-22(28-23(20)32)24(33)31-14-13-30(17-26(31,3)4)25(34)27(35)11-8-12-27;1-17(2)19-14-20(18-6-12-35-13-7-18)28-31-15-21(27-22(19)31)23(32)30-11-10-29(16-25(30,3)4)24(33)26(34)8-5-9-26;1-17(2)20-14-19(9-8-18-6-7-18)28-31-15-21(27-22(20)31)23(32)30-13-12-29(16-25(30,3)4)24(33)26(34)10-5-11-26;1-17(2)19-14-20(18-8-5-6-9-18)28-31-15-21(27-22(19)31)23(32)30-13-12-29(16-25(30,3)4)24(33)26(34)10-7-11-26/h15-16,18-19,35H,5-14,17H2,1-4H3;6,14-15,17,34H,5,7-13,16H2,1-4H3;14-15,17-18,34H,5-7,10-13,16H2,1-4H3;8,14-15,17,34H,5-7,9-13,16H2,1-4H3. The fraction of sp³-hybridized carbons (Fsp3) is 0.638. The number of hydrogen-bond acceptors (Lipinski definition) is 21. The van der Waals surface area contributed by atoms with Crippen LogP contribution < -0.4 is 0 Å². The van der Waals surface area contributed by atoms with Gasteiger partial charge >= 0.3 is 0 Å². The van der Waals surface area contributed by atoms with Gasteiger partial charge in [0.25, 0.3) is 47.3 Å². The summed E-state index contributed by atoms with van der Waals surface area (Å²) < 4.78 is 12.4. The quantitative estimate of drug-likeness (QED) is 0.0693. The number of aromatic nitrogens is 12. The maximum absolute atomic E-state index is 13.7. The van der Waals surface area contributed by atoms with Crippen molar-refractivity contribution in [2.45, 2.75) is 333 Å². The Hall–Kier alpha value is -10.9. The van der Waals surface area contributed by atoms with Crippen LogP contribution in [0.1, 0.15) is 375 Å². The van der Waals surface area contributed by atoms with E-state index < -0.39 is 44.6 Å². The van der Waals surface area contributed by atoms with Crippen LogP contribution in [-0.4, -0.2) is 302 Å². The summed E-state index contributed by atoms with van der Waals surface area (Å²) in [6, 6.07) is 8.39. The van der Waals surface area contributed by atoms with Crippen molar-refractivity contribution < 1.29 is 63.5 Å². The lowest BCUT2D eigenvalue weighted by Crippen LogP contribution is -2.65. The minimum atomic E-state index is -1.22. The largest absolute Gasteiger partial charge is 0.380 e. The van der Waals surface area contributed by atoms with Gasteiger partial charge in [-0.25, -0.2) is 38.0 Å². The second-order valence-corrected chi connectivity index (χ2v) is 44.8. The van der Waals surface area contributed by atoms with E-state index in [2.05, 4.69) is 108 Å². The molecule has 0 aromatic carbocycles. The zero-order valence-electron chi connectivity index (χ0n) is 83.8. The van der Waals surface area contributed by atoms with Crippen molar-refractivity contribution >= 4 is 81.0 Å². The highest BCUT2D eigenvalue weighted by Crippen LogP contribution is 2.43. The zero-order valence-corrected chi connectivity index (χ0v) is 83.8. The highest BCUT2D eigenvalue weighted by atomic mass is 16.5. The third-order valence-electron chi connectivity index (χ3n) is 30.9. The number of fused-ring (bicyclic) bond motifs is 4. The van der Waals surface area contributed by atoms with E-state index >= 15 is 0 Å². The van der Waals surface area contributed by atoms with E-state index in [0.29, 0.717) is 195 Å². The van der Waals surface area contributed by atoms with E-state index in [1.54, 1.807) is 72.6 Å². The van der Waals surface area contributed by atoms with Crippen LogP contribution in [0, 0.1) is 17.8 Å². The first-order valence-electron chi connectivity index (χ1n) is 50.8. The summed E-state index contributed by atoms with van der Waals surface area (Å²) in [7, 11) is 0. The molecule has 0 atom stereocenters. The maximum atomic E-state index is 13.7. The van der Waals surface area contributed by atoms with Crippen molar-refractivity contribution in [3.05, 3.63) is 129 Å². The molecule has 0 bridgehead atoms. The summed E-state index contributed by atoms with van der Waals surface area (Å²) in [5.74, 6) is 6.89. The Bertz CT molecular complexity index is 6180. The SMILES string of the molecule is CC(C)c1cc(C#CC2CC2)nn2cc(C(=O)N3CCN(C(=O)C4(O)CCC4)CC3(C)C)nc12.CC(C)c1cc(C2=CCCC2)nn2cc(C(=O)N3CCN(C(=O)C4(O)CCC4)CC3(C)C)nc12.CC(C)c1cc(C2=CCOCC2)nn2cc(C(=O)N3CCN(C(=O)C4(O)CCC4)CC3(C)C)nc12.CC(C)c1cc(C2CCCCC2)nn2cc(C(=O)N3CCN(C(=O)C4(O)CCC4)CC3(C)C)nc12. The average molecular weight is 1890 g/mol. The van der Waals surface area contributed by atoms with Gasteiger partial charge in [-0.2, -0.15) is 20.4 Å². The monoisotopic (exact) mass is 1890 g/mol. The number of ether oxygens (including phenoxy) is 1. The lowest BCUT2D eigenvalue weighted by Gasteiger charge is -2.49. The second kappa shape index (κ2) is 38.3. The number of hydrogen-bond donors (Lipinski definition) is 4. The summed E-state index contributed by atoms with van der Waals surface area (Å²) in [6.07, 6.45) is 31.5. The van der Waals surface area contributed by atoms with Crippen LogP contribution in [0.4, 0.5) is 0 Å². The molecule has 6 saturated carbocycles. The smallest absolute Gasteiger partial charge is 0.274 e. The zero-order chi connectivity index (χ0) is 98.4.